The fraction of sp³-hybridized carbons (Fsp3) is 0.138. The molecule has 32 heavy (non-hydrogen) atoms. The summed E-state index contributed by atoms with van der Waals surface area (Å²) >= 11 is 0. The summed E-state index contributed by atoms with van der Waals surface area (Å²) in [6, 6.07) is 29.0. The van der Waals surface area contributed by atoms with Crippen LogP contribution in [0.25, 0.3) is 49.7 Å². The summed E-state index contributed by atoms with van der Waals surface area (Å²) in [5.74, 6) is 0. The lowest BCUT2D eigenvalue weighted by molar-refractivity contribution is 0.661. The number of nitrogens with zero attached hydrogens (tertiary/aromatic N) is 3. The largest absolute Gasteiger partial charge is 0.334 e. The van der Waals surface area contributed by atoms with Crippen molar-refractivity contribution in [3.63, 3.8) is 0 Å². The highest BCUT2D eigenvalue weighted by Gasteiger charge is 2.36. The minimum Gasteiger partial charge on any atom is -0.334 e. The molecule has 0 bridgehead atoms. The average molecular weight is 414 g/mol. The van der Waals surface area contributed by atoms with Gasteiger partial charge in [-0.15, -0.1) is 0 Å². The maximum Gasteiger partial charge on any atom is 0.0955 e. The van der Waals surface area contributed by atoms with Crippen molar-refractivity contribution in [2.45, 2.75) is 19.3 Å². The van der Waals surface area contributed by atoms with E-state index in [-0.39, 0.29) is 5.41 Å². The Balaban J connectivity index is 1.62. The van der Waals surface area contributed by atoms with Crippen LogP contribution in [0.1, 0.15) is 25.0 Å². The van der Waals surface area contributed by atoms with Crippen LogP contribution in [-0.2, 0) is 12.5 Å². The van der Waals surface area contributed by atoms with Gasteiger partial charge in [0.05, 0.1) is 28.4 Å². The summed E-state index contributed by atoms with van der Waals surface area (Å²) in [6.45, 7) is 4.69. The fourth-order valence-corrected chi connectivity index (χ4v) is 5.70. The molecule has 0 N–H and O–H groups in total. The van der Waals surface area contributed by atoms with E-state index in [1.54, 1.807) is 0 Å². The van der Waals surface area contributed by atoms with E-state index in [1.165, 1.54) is 44.1 Å². The van der Waals surface area contributed by atoms with E-state index >= 15 is 0 Å². The van der Waals surface area contributed by atoms with Gasteiger partial charge in [0.25, 0.3) is 0 Å². The van der Waals surface area contributed by atoms with Crippen molar-refractivity contribution in [2.75, 3.05) is 0 Å². The Morgan fingerprint density at radius 3 is 2.41 bits per heavy atom. The summed E-state index contributed by atoms with van der Waals surface area (Å²) < 4.78 is 4.46. The van der Waals surface area contributed by atoms with E-state index < -0.39 is 0 Å². The number of benzene rings is 4. The second kappa shape index (κ2) is 5.89. The Bertz CT molecular complexity index is 1710. The van der Waals surface area contributed by atoms with Crippen LogP contribution in [-0.4, -0.2) is 14.1 Å². The van der Waals surface area contributed by atoms with E-state index in [0.29, 0.717) is 0 Å². The Morgan fingerprint density at radius 2 is 1.50 bits per heavy atom. The van der Waals surface area contributed by atoms with Gasteiger partial charge in [-0.2, -0.15) is 0 Å². The first kappa shape index (κ1) is 17.8. The predicted octanol–water partition coefficient (Wildman–Crippen LogP) is 6.98. The number of hydrogen-bond acceptors (Lipinski definition) is 1. The van der Waals surface area contributed by atoms with Crippen LogP contribution in [0.3, 0.4) is 0 Å². The fourth-order valence-electron chi connectivity index (χ4n) is 5.70. The van der Waals surface area contributed by atoms with Crippen LogP contribution in [0.15, 0.2) is 85.2 Å². The average Bonchev–Trinajstić information content (AvgIpc) is 3.41. The monoisotopic (exact) mass is 413 g/mol. The van der Waals surface area contributed by atoms with Crippen molar-refractivity contribution in [1.29, 1.82) is 0 Å². The summed E-state index contributed by atoms with van der Waals surface area (Å²) in [5.41, 5.74) is 11.3. The van der Waals surface area contributed by atoms with Crippen molar-refractivity contribution < 1.29 is 0 Å². The van der Waals surface area contributed by atoms with Gasteiger partial charge in [-0.3, -0.25) is 0 Å². The lowest BCUT2D eigenvalue weighted by Crippen LogP contribution is -2.14. The highest BCUT2D eigenvalue weighted by molar-refractivity contribution is 6.11. The standard InChI is InChI=1S/C29H23N3/c1-29(2)23-10-6-4-8-19(23)21-16-28-22(15-24(21)29)20-9-5-7-11-26(20)32(28)18-12-13-27-25(14-18)30-17-31(27)3/h4-17H,1-3H3. The van der Waals surface area contributed by atoms with E-state index in [0.717, 1.165) is 16.7 Å². The molecule has 3 heteroatoms. The molecule has 0 aliphatic heterocycles. The zero-order valence-electron chi connectivity index (χ0n) is 18.4. The smallest absolute Gasteiger partial charge is 0.0955 e. The zero-order valence-corrected chi connectivity index (χ0v) is 18.4. The van der Waals surface area contributed by atoms with E-state index in [9.17, 15) is 0 Å². The van der Waals surface area contributed by atoms with Gasteiger partial charge < -0.3 is 9.13 Å². The minimum absolute atomic E-state index is 0.00378. The number of aromatic nitrogens is 3. The van der Waals surface area contributed by atoms with Crippen LogP contribution in [0, 0.1) is 0 Å². The molecule has 1 aliphatic carbocycles. The second-order valence-electron chi connectivity index (χ2n) is 9.47. The number of para-hydroxylation sites is 1. The topological polar surface area (TPSA) is 22.8 Å². The maximum atomic E-state index is 4.61. The normalized spacial score (nSPS) is 14.3. The molecule has 0 fully saturated rings. The Hall–Kier alpha value is -3.85. The van der Waals surface area contributed by atoms with Crippen molar-refractivity contribution in [1.82, 2.24) is 14.1 Å². The minimum atomic E-state index is -0.00378. The first-order chi connectivity index (χ1) is 15.5. The molecule has 6 aromatic rings. The van der Waals surface area contributed by atoms with Gasteiger partial charge in [-0.05, 0) is 58.7 Å². The Labute approximate surface area is 186 Å². The van der Waals surface area contributed by atoms with Gasteiger partial charge >= 0.3 is 0 Å². The van der Waals surface area contributed by atoms with Gasteiger partial charge in [0.15, 0.2) is 0 Å². The highest BCUT2D eigenvalue weighted by atomic mass is 15.0. The molecule has 2 aromatic heterocycles. The van der Waals surface area contributed by atoms with Gasteiger partial charge in [0.2, 0.25) is 0 Å². The third kappa shape index (κ3) is 2.13. The predicted molar refractivity (Wildman–Crippen MR) is 133 cm³/mol. The van der Waals surface area contributed by atoms with Crippen LogP contribution < -0.4 is 0 Å². The number of aryl methyl sites for hydroxylation is 1. The van der Waals surface area contributed by atoms with Crippen LogP contribution in [0.2, 0.25) is 0 Å². The van der Waals surface area contributed by atoms with Crippen LogP contribution in [0.5, 0.6) is 0 Å². The van der Waals surface area contributed by atoms with Crippen LogP contribution >= 0.6 is 0 Å². The lowest BCUT2D eigenvalue weighted by atomic mass is 9.82. The first-order valence-electron chi connectivity index (χ1n) is 11.1. The third-order valence-electron chi connectivity index (χ3n) is 7.34. The Kier molecular flexibility index (Phi) is 3.27. The van der Waals surface area contributed by atoms with Gasteiger partial charge in [0.1, 0.15) is 0 Å². The number of imidazole rings is 1. The molecule has 7 rings (SSSR count). The summed E-state index contributed by atoms with van der Waals surface area (Å²) in [7, 11) is 2.04. The number of rotatable bonds is 1. The molecule has 0 saturated heterocycles. The number of hydrogen-bond donors (Lipinski definition) is 0. The van der Waals surface area contributed by atoms with E-state index in [2.05, 4.69) is 107 Å². The molecular weight excluding hydrogens is 390 g/mol. The summed E-state index contributed by atoms with van der Waals surface area (Å²) in [6.07, 6.45) is 1.88. The molecule has 0 unspecified atom stereocenters. The second-order valence-corrected chi connectivity index (χ2v) is 9.47. The molecule has 4 aromatic carbocycles. The molecule has 0 saturated carbocycles. The van der Waals surface area contributed by atoms with Crippen LogP contribution in [0.4, 0.5) is 0 Å². The highest BCUT2D eigenvalue weighted by Crippen LogP contribution is 2.50. The summed E-state index contributed by atoms with van der Waals surface area (Å²) in [5, 5.41) is 2.60. The van der Waals surface area contributed by atoms with Gasteiger partial charge in [-0.25, -0.2) is 4.98 Å². The Morgan fingerprint density at radius 1 is 0.688 bits per heavy atom. The van der Waals surface area contributed by atoms with Crippen molar-refractivity contribution in [3.05, 3.63) is 96.3 Å². The molecule has 3 nitrogen and oxygen atoms in total. The molecule has 0 atom stereocenters. The SMILES string of the molecule is Cn1cnc2cc(-n3c4ccccc4c4cc5c(cc43)-c3ccccc3C5(C)C)ccc21. The molecule has 154 valence electrons. The maximum absolute atomic E-state index is 4.61. The summed E-state index contributed by atoms with van der Waals surface area (Å²) in [4.78, 5) is 4.61. The van der Waals surface area contributed by atoms with Crippen molar-refractivity contribution >= 4 is 32.8 Å². The van der Waals surface area contributed by atoms with Gasteiger partial charge in [0, 0.05) is 28.9 Å². The molecule has 0 spiro atoms. The third-order valence-corrected chi connectivity index (χ3v) is 7.34. The van der Waals surface area contributed by atoms with Crippen molar-refractivity contribution in [2.24, 2.45) is 7.05 Å². The van der Waals surface area contributed by atoms with E-state index in [1.807, 2.05) is 13.4 Å². The van der Waals surface area contributed by atoms with Crippen molar-refractivity contribution in [3.8, 4) is 16.8 Å². The zero-order chi connectivity index (χ0) is 21.6. The lowest BCUT2D eigenvalue weighted by Gasteiger charge is -2.21. The van der Waals surface area contributed by atoms with E-state index in [4.69, 9.17) is 0 Å². The molecular formula is C29H23N3. The molecule has 0 radical (unpaired) electrons. The molecule has 1 aliphatic rings. The molecule has 2 heterocycles. The quantitative estimate of drug-likeness (QED) is 0.285. The first-order valence-corrected chi connectivity index (χ1v) is 11.1. The van der Waals surface area contributed by atoms with Gasteiger partial charge in [-0.1, -0.05) is 56.3 Å². The molecule has 0 amide bonds. The number of fused-ring (bicyclic) bond motifs is 7.